The molecule has 1 aliphatic heterocycles. The Morgan fingerprint density at radius 3 is 2.89 bits per heavy atom. The molecule has 0 spiro atoms. The lowest BCUT2D eigenvalue weighted by molar-refractivity contribution is -0.128. The lowest BCUT2D eigenvalue weighted by Crippen LogP contribution is -2.34. The summed E-state index contributed by atoms with van der Waals surface area (Å²) in [5, 5.41) is 3.28. The van der Waals surface area contributed by atoms with E-state index in [1.54, 1.807) is 7.11 Å². The Balaban J connectivity index is 2.09. The van der Waals surface area contributed by atoms with Crippen molar-refractivity contribution in [2.45, 2.75) is 19.4 Å². The molecular weight excluding hydrogens is 240 g/mol. The fourth-order valence-corrected chi connectivity index (χ4v) is 2.59. The minimum Gasteiger partial charge on any atom is -0.497 e. The van der Waals surface area contributed by atoms with E-state index in [2.05, 4.69) is 18.3 Å². The third kappa shape index (κ3) is 3.26. The van der Waals surface area contributed by atoms with Crippen molar-refractivity contribution in [3.8, 4) is 5.75 Å². The van der Waals surface area contributed by atoms with Crippen LogP contribution in [0.2, 0.25) is 0 Å². The number of hydrogen-bond acceptors (Lipinski definition) is 3. The van der Waals surface area contributed by atoms with Gasteiger partial charge in [-0.1, -0.05) is 19.1 Å². The number of carbonyl (C=O) groups is 1. The molecule has 19 heavy (non-hydrogen) atoms. The number of rotatable bonds is 5. The molecule has 1 saturated heterocycles. The van der Waals surface area contributed by atoms with Crippen molar-refractivity contribution in [2.24, 2.45) is 5.92 Å². The Morgan fingerprint density at radius 2 is 2.32 bits per heavy atom. The van der Waals surface area contributed by atoms with E-state index < -0.39 is 0 Å². The molecule has 0 bridgehead atoms. The second-order valence-corrected chi connectivity index (χ2v) is 5.23. The SMILES string of the molecule is CNC(CN1CC(C)CC1=O)c1cccc(OC)c1. The van der Waals surface area contributed by atoms with Gasteiger partial charge in [0.15, 0.2) is 0 Å². The van der Waals surface area contributed by atoms with E-state index in [-0.39, 0.29) is 11.9 Å². The van der Waals surface area contributed by atoms with Crippen molar-refractivity contribution in [3.05, 3.63) is 29.8 Å². The summed E-state index contributed by atoms with van der Waals surface area (Å²) in [6.07, 6.45) is 0.675. The molecular formula is C15H22N2O2. The highest BCUT2D eigenvalue weighted by Crippen LogP contribution is 2.23. The van der Waals surface area contributed by atoms with E-state index >= 15 is 0 Å². The van der Waals surface area contributed by atoms with Crippen LogP contribution in [0, 0.1) is 5.92 Å². The average molecular weight is 262 g/mol. The molecule has 4 nitrogen and oxygen atoms in total. The maximum Gasteiger partial charge on any atom is 0.222 e. The summed E-state index contributed by atoms with van der Waals surface area (Å²) < 4.78 is 5.25. The fourth-order valence-electron chi connectivity index (χ4n) is 2.59. The zero-order valence-corrected chi connectivity index (χ0v) is 11.8. The summed E-state index contributed by atoms with van der Waals surface area (Å²) in [7, 11) is 3.59. The van der Waals surface area contributed by atoms with Crippen LogP contribution in [-0.2, 0) is 4.79 Å². The van der Waals surface area contributed by atoms with Crippen molar-refractivity contribution in [3.63, 3.8) is 0 Å². The first-order valence-corrected chi connectivity index (χ1v) is 6.73. The molecule has 1 N–H and O–H groups in total. The number of ether oxygens (including phenoxy) is 1. The van der Waals surface area contributed by atoms with Crippen LogP contribution in [0.1, 0.15) is 24.9 Å². The first-order valence-electron chi connectivity index (χ1n) is 6.73. The lowest BCUT2D eigenvalue weighted by Gasteiger charge is -2.24. The normalized spacial score (nSPS) is 20.7. The number of carbonyl (C=O) groups excluding carboxylic acids is 1. The molecule has 0 radical (unpaired) electrons. The van der Waals surface area contributed by atoms with Gasteiger partial charge in [0.25, 0.3) is 0 Å². The zero-order valence-electron chi connectivity index (χ0n) is 11.8. The summed E-state index contributed by atoms with van der Waals surface area (Å²) in [5.41, 5.74) is 1.15. The highest BCUT2D eigenvalue weighted by atomic mass is 16.5. The van der Waals surface area contributed by atoms with Gasteiger partial charge in [-0.25, -0.2) is 0 Å². The third-order valence-corrected chi connectivity index (χ3v) is 3.66. The first kappa shape index (κ1) is 13.9. The second kappa shape index (κ2) is 6.06. The van der Waals surface area contributed by atoms with E-state index in [4.69, 9.17) is 4.74 Å². The first-order chi connectivity index (χ1) is 9.13. The van der Waals surface area contributed by atoms with Crippen molar-refractivity contribution >= 4 is 5.91 Å². The van der Waals surface area contributed by atoms with Crippen molar-refractivity contribution in [1.82, 2.24) is 10.2 Å². The molecule has 1 fully saturated rings. The van der Waals surface area contributed by atoms with Gasteiger partial charge in [-0.15, -0.1) is 0 Å². The molecule has 0 saturated carbocycles. The van der Waals surface area contributed by atoms with Crippen LogP contribution in [-0.4, -0.2) is 38.1 Å². The Labute approximate surface area is 114 Å². The van der Waals surface area contributed by atoms with Crippen molar-refractivity contribution in [2.75, 3.05) is 27.2 Å². The van der Waals surface area contributed by atoms with E-state index in [0.29, 0.717) is 18.9 Å². The summed E-state index contributed by atoms with van der Waals surface area (Å²) in [6, 6.07) is 8.13. The van der Waals surface area contributed by atoms with E-state index in [9.17, 15) is 4.79 Å². The number of likely N-dealkylation sites (N-methyl/N-ethyl adjacent to an activating group) is 1. The van der Waals surface area contributed by atoms with Gasteiger partial charge >= 0.3 is 0 Å². The van der Waals surface area contributed by atoms with Crippen molar-refractivity contribution < 1.29 is 9.53 Å². The van der Waals surface area contributed by atoms with Gasteiger partial charge in [0.2, 0.25) is 5.91 Å². The highest BCUT2D eigenvalue weighted by molar-refractivity contribution is 5.78. The standard InChI is InChI=1S/C15H22N2O2/c1-11-7-15(18)17(9-11)10-14(16-2)12-5-4-6-13(8-12)19-3/h4-6,8,11,14,16H,7,9-10H2,1-3H3. The van der Waals surface area contributed by atoms with Crippen LogP contribution in [0.5, 0.6) is 5.75 Å². The number of nitrogens with one attached hydrogen (secondary N) is 1. The Hall–Kier alpha value is -1.55. The number of amides is 1. The van der Waals surface area contributed by atoms with Gasteiger partial charge in [0.05, 0.1) is 7.11 Å². The molecule has 1 aliphatic rings. The predicted molar refractivity (Wildman–Crippen MR) is 75.2 cm³/mol. The predicted octanol–water partition coefficient (Wildman–Crippen LogP) is 1.82. The molecule has 104 valence electrons. The smallest absolute Gasteiger partial charge is 0.222 e. The summed E-state index contributed by atoms with van der Waals surface area (Å²) >= 11 is 0. The highest BCUT2D eigenvalue weighted by Gasteiger charge is 2.28. The lowest BCUT2D eigenvalue weighted by atomic mass is 10.1. The van der Waals surface area contributed by atoms with Crippen LogP contribution in [0.3, 0.4) is 0 Å². The van der Waals surface area contributed by atoms with Gasteiger partial charge in [-0.05, 0) is 30.7 Å². The largest absolute Gasteiger partial charge is 0.497 e. The van der Waals surface area contributed by atoms with E-state index in [1.165, 1.54) is 0 Å². The van der Waals surface area contributed by atoms with Gasteiger partial charge in [0, 0.05) is 25.6 Å². The van der Waals surface area contributed by atoms with Gasteiger partial charge < -0.3 is 15.0 Å². The topological polar surface area (TPSA) is 41.6 Å². The van der Waals surface area contributed by atoms with Crippen LogP contribution >= 0.6 is 0 Å². The van der Waals surface area contributed by atoms with Crippen LogP contribution in [0.25, 0.3) is 0 Å². The number of hydrogen-bond donors (Lipinski definition) is 1. The Bertz CT molecular complexity index is 448. The van der Waals surface area contributed by atoms with Gasteiger partial charge in [0.1, 0.15) is 5.75 Å². The molecule has 2 atom stereocenters. The Morgan fingerprint density at radius 1 is 1.53 bits per heavy atom. The molecule has 2 rings (SSSR count). The molecule has 0 aliphatic carbocycles. The average Bonchev–Trinajstić information content (AvgIpc) is 2.74. The van der Waals surface area contributed by atoms with Crippen LogP contribution in [0.4, 0.5) is 0 Å². The molecule has 2 unspecified atom stereocenters. The maximum atomic E-state index is 11.9. The molecule has 0 aromatic heterocycles. The number of methoxy groups -OCH3 is 1. The molecule has 1 amide bonds. The number of benzene rings is 1. The third-order valence-electron chi connectivity index (χ3n) is 3.66. The Kier molecular flexibility index (Phi) is 4.43. The summed E-state index contributed by atoms with van der Waals surface area (Å²) in [4.78, 5) is 13.8. The quantitative estimate of drug-likeness (QED) is 0.880. The summed E-state index contributed by atoms with van der Waals surface area (Å²) in [6.45, 7) is 3.70. The van der Waals surface area contributed by atoms with E-state index in [1.807, 2.05) is 30.1 Å². The van der Waals surface area contributed by atoms with Gasteiger partial charge in [-0.2, -0.15) is 0 Å². The minimum atomic E-state index is 0.143. The molecule has 1 aromatic carbocycles. The molecule has 4 heteroatoms. The zero-order chi connectivity index (χ0) is 13.8. The van der Waals surface area contributed by atoms with E-state index in [0.717, 1.165) is 17.9 Å². The molecule has 1 aromatic rings. The van der Waals surface area contributed by atoms with Crippen LogP contribution in [0.15, 0.2) is 24.3 Å². The number of likely N-dealkylation sites (tertiary alicyclic amines) is 1. The minimum absolute atomic E-state index is 0.143. The number of nitrogens with zero attached hydrogens (tertiary/aromatic N) is 1. The van der Waals surface area contributed by atoms with Gasteiger partial charge in [-0.3, -0.25) is 4.79 Å². The van der Waals surface area contributed by atoms with Crippen LogP contribution < -0.4 is 10.1 Å². The maximum absolute atomic E-state index is 11.9. The fraction of sp³-hybridized carbons (Fsp3) is 0.533. The monoisotopic (exact) mass is 262 g/mol. The second-order valence-electron chi connectivity index (χ2n) is 5.23. The van der Waals surface area contributed by atoms with Crippen molar-refractivity contribution in [1.29, 1.82) is 0 Å². The summed E-state index contributed by atoms with van der Waals surface area (Å²) in [5.74, 6) is 1.57. The molecule has 1 heterocycles.